The van der Waals surface area contributed by atoms with Crippen molar-refractivity contribution in [1.82, 2.24) is 15.1 Å². The number of hydrogen-bond donors (Lipinski definition) is 2. The predicted molar refractivity (Wildman–Crippen MR) is 121 cm³/mol. The number of benzene rings is 2. The van der Waals surface area contributed by atoms with Crippen LogP contribution in [0.3, 0.4) is 0 Å². The Morgan fingerprint density at radius 2 is 1.84 bits per heavy atom. The second-order valence-corrected chi connectivity index (χ2v) is 8.58. The lowest BCUT2D eigenvalue weighted by atomic mass is 9.81. The summed E-state index contributed by atoms with van der Waals surface area (Å²) >= 11 is 0. The molecule has 0 spiro atoms. The molecule has 0 saturated heterocycles. The van der Waals surface area contributed by atoms with Crippen LogP contribution in [0.2, 0.25) is 0 Å². The van der Waals surface area contributed by atoms with Gasteiger partial charge in [0.1, 0.15) is 11.9 Å². The van der Waals surface area contributed by atoms with Gasteiger partial charge in [0, 0.05) is 24.1 Å². The number of hydrogen-bond acceptors (Lipinski definition) is 3. The van der Waals surface area contributed by atoms with Gasteiger partial charge in [0.05, 0.1) is 5.69 Å². The van der Waals surface area contributed by atoms with Crippen molar-refractivity contribution >= 4 is 17.6 Å². The summed E-state index contributed by atoms with van der Waals surface area (Å²) in [6.45, 7) is 8.17. The van der Waals surface area contributed by atoms with Crippen LogP contribution in [-0.2, 0) is 11.8 Å². The zero-order chi connectivity index (χ0) is 22.3. The van der Waals surface area contributed by atoms with Crippen LogP contribution in [-0.4, -0.2) is 27.6 Å². The van der Waals surface area contributed by atoms with Crippen molar-refractivity contribution in [1.29, 1.82) is 0 Å². The molecule has 0 unspecified atom stereocenters. The zero-order valence-corrected chi connectivity index (χ0v) is 18.6. The molecule has 31 heavy (non-hydrogen) atoms. The second-order valence-electron chi connectivity index (χ2n) is 8.58. The molecule has 6 nitrogen and oxygen atoms in total. The molecule has 2 aromatic carbocycles. The highest BCUT2D eigenvalue weighted by molar-refractivity contribution is 6.04. The normalized spacial score (nSPS) is 17.9. The maximum Gasteiger partial charge on any atom is 0.251 e. The first-order chi connectivity index (χ1) is 14.8. The predicted octanol–water partition coefficient (Wildman–Crippen LogP) is 4.04. The lowest BCUT2D eigenvalue weighted by molar-refractivity contribution is -0.118. The van der Waals surface area contributed by atoms with Gasteiger partial charge in [-0.25, -0.2) is 0 Å². The molecular weight excluding hydrogens is 388 g/mol. The van der Waals surface area contributed by atoms with E-state index in [1.807, 2.05) is 39.1 Å². The molecule has 2 heterocycles. The fourth-order valence-electron chi connectivity index (χ4n) is 4.31. The number of amides is 2. The molecule has 0 fully saturated rings. The van der Waals surface area contributed by atoms with E-state index in [-0.39, 0.29) is 17.7 Å². The number of carbonyl (C=O) groups excluding carboxylic acids is 2. The molecule has 3 aromatic rings. The van der Waals surface area contributed by atoms with Gasteiger partial charge in [-0.15, -0.1) is 0 Å². The number of rotatable bonds is 4. The third kappa shape index (κ3) is 3.85. The molecule has 0 bridgehead atoms. The van der Waals surface area contributed by atoms with Crippen LogP contribution in [0.5, 0.6) is 0 Å². The Balaban J connectivity index is 1.77. The lowest BCUT2D eigenvalue weighted by Gasteiger charge is -2.32. The van der Waals surface area contributed by atoms with Gasteiger partial charge in [-0.1, -0.05) is 55.8 Å². The minimum atomic E-state index is -0.742. The number of nitrogens with zero attached hydrogens (tertiary/aromatic N) is 2. The summed E-state index contributed by atoms with van der Waals surface area (Å²) in [5, 5.41) is 10.5. The van der Waals surface area contributed by atoms with Gasteiger partial charge in [-0.3, -0.25) is 14.3 Å². The summed E-state index contributed by atoms with van der Waals surface area (Å²) < 4.78 is 1.69. The van der Waals surface area contributed by atoms with Crippen LogP contribution in [0.4, 0.5) is 5.82 Å². The second kappa shape index (κ2) is 8.02. The van der Waals surface area contributed by atoms with Crippen molar-refractivity contribution in [2.45, 2.75) is 45.6 Å². The van der Waals surface area contributed by atoms with E-state index in [4.69, 9.17) is 0 Å². The van der Waals surface area contributed by atoms with Crippen LogP contribution in [0, 0.1) is 13.8 Å². The number of aryl methyl sites for hydroxylation is 3. The summed E-state index contributed by atoms with van der Waals surface area (Å²) in [5.74, 6) is 0.261. The first-order valence-corrected chi connectivity index (χ1v) is 10.6. The van der Waals surface area contributed by atoms with Crippen molar-refractivity contribution in [2.75, 3.05) is 5.32 Å². The minimum absolute atomic E-state index is 0.241. The SMILES string of the molecule is Cc1cccc(C(=O)N[C@H]2C(=O)Nc3c(c(C)nn3C)[C@@H]2c2ccc(C(C)C)cc2)c1. The van der Waals surface area contributed by atoms with Crippen molar-refractivity contribution in [3.63, 3.8) is 0 Å². The van der Waals surface area contributed by atoms with Crippen molar-refractivity contribution in [3.05, 3.63) is 82.0 Å². The van der Waals surface area contributed by atoms with Crippen molar-refractivity contribution < 1.29 is 9.59 Å². The standard InChI is InChI=1S/C25H28N4O2/c1-14(2)17-9-11-18(12-10-17)21-20-16(4)28-29(5)23(20)27-25(31)22(21)26-24(30)19-8-6-7-15(3)13-19/h6-14,21-22H,1-5H3,(H,26,30)(H,27,31)/t21-,22+/m0/s1. The number of aromatic nitrogens is 2. The molecule has 2 amide bonds. The summed E-state index contributed by atoms with van der Waals surface area (Å²) in [4.78, 5) is 26.2. The molecule has 160 valence electrons. The first kappa shape index (κ1) is 20.8. The van der Waals surface area contributed by atoms with Crippen molar-refractivity contribution in [3.8, 4) is 0 Å². The Morgan fingerprint density at radius 3 is 2.48 bits per heavy atom. The van der Waals surface area contributed by atoms with E-state index in [1.54, 1.807) is 10.7 Å². The monoisotopic (exact) mass is 416 g/mol. The largest absolute Gasteiger partial charge is 0.339 e. The highest BCUT2D eigenvalue weighted by Gasteiger charge is 2.41. The Labute approximate surface area is 182 Å². The van der Waals surface area contributed by atoms with Gasteiger partial charge in [0.25, 0.3) is 5.91 Å². The van der Waals surface area contributed by atoms with Gasteiger partial charge in [0.15, 0.2) is 0 Å². The van der Waals surface area contributed by atoms with E-state index in [1.165, 1.54) is 5.56 Å². The van der Waals surface area contributed by atoms with Crippen LogP contribution in [0.1, 0.15) is 64.0 Å². The topological polar surface area (TPSA) is 76.0 Å². The maximum atomic E-state index is 13.1. The zero-order valence-electron chi connectivity index (χ0n) is 18.6. The van der Waals surface area contributed by atoms with E-state index < -0.39 is 6.04 Å². The van der Waals surface area contributed by atoms with Gasteiger partial charge in [0.2, 0.25) is 5.91 Å². The van der Waals surface area contributed by atoms with Crippen LogP contribution in [0.25, 0.3) is 0 Å². The molecule has 2 atom stereocenters. The van der Waals surface area contributed by atoms with E-state index >= 15 is 0 Å². The van der Waals surface area contributed by atoms with Crippen LogP contribution < -0.4 is 10.6 Å². The third-order valence-corrected chi connectivity index (χ3v) is 5.97. The number of fused-ring (bicyclic) bond motifs is 1. The number of carbonyl (C=O) groups is 2. The molecule has 1 aromatic heterocycles. The van der Waals surface area contributed by atoms with Gasteiger partial charge >= 0.3 is 0 Å². The summed E-state index contributed by atoms with van der Waals surface area (Å²) in [6.07, 6.45) is 0. The van der Waals surface area contributed by atoms with Crippen LogP contribution >= 0.6 is 0 Å². The highest BCUT2D eigenvalue weighted by atomic mass is 16.2. The Bertz CT molecular complexity index is 1140. The fraction of sp³-hybridized carbons (Fsp3) is 0.320. The van der Waals surface area contributed by atoms with Gasteiger partial charge in [-0.05, 0) is 43.0 Å². The first-order valence-electron chi connectivity index (χ1n) is 10.6. The number of nitrogens with one attached hydrogen (secondary N) is 2. The maximum absolute atomic E-state index is 13.1. The summed E-state index contributed by atoms with van der Waals surface area (Å²) in [6, 6.07) is 14.9. The third-order valence-electron chi connectivity index (χ3n) is 5.97. The molecule has 0 radical (unpaired) electrons. The molecule has 6 heteroatoms. The van der Waals surface area contributed by atoms with Gasteiger partial charge < -0.3 is 10.6 Å². The molecule has 1 aliphatic heterocycles. The minimum Gasteiger partial charge on any atom is -0.339 e. The van der Waals surface area contributed by atoms with Crippen molar-refractivity contribution in [2.24, 2.45) is 7.05 Å². The molecule has 0 saturated carbocycles. The lowest BCUT2D eigenvalue weighted by Crippen LogP contribution is -2.50. The smallest absolute Gasteiger partial charge is 0.251 e. The Hall–Kier alpha value is -3.41. The Morgan fingerprint density at radius 1 is 1.13 bits per heavy atom. The van der Waals surface area contributed by atoms with E-state index in [0.717, 1.165) is 22.4 Å². The molecular formula is C25H28N4O2. The quantitative estimate of drug-likeness (QED) is 0.674. The summed E-state index contributed by atoms with van der Waals surface area (Å²) in [5.41, 5.74) is 5.51. The molecule has 1 aliphatic rings. The molecule has 4 rings (SSSR count). The van der Waals surface area contributed by atoms with Crippen LogP contribution in [0.15, 0.2) is 48.5 Å². The summed E-state index contributed by atoms with van der Waals surface area (Å²) in [7, 11) is 1.82. The Kier molecular flexibility index (Phi) is 5.39. The van der Waals surface area contributed by atoms with Gasteiger partial charge in [-0.2, -0.15) is 5.10 Å². The van der Waals surface area contributed by atoms with E-state index in [2.05, 4.69) is 53.8 Å². The van der Waals surface area contributed by atoms with E-state index in [9.17, 15) is 9.59 Å². The van der Waals surface area contributed by atoms with E-state index in [0.29, 0.717) is 17.3 Å². The fourth-order valence-corrected chi connectivity index (χ4v) is 4.31. The number of anilines is 1. The average molecular weight is 417 g/mol. The molecule has 0 aliphatic carbocycles. The molecule has 2 N–H and O–H groups in total. The average Bonchev–Trinajstić information content (AvgIpc) is 3.01. The highest BCUT2D eigenvalue weighted by Crippen LogP contribution is 2.39.